The first-order valence-electron chi connectivity index (χ1n) is 3.82. The van der Waals surface area contributed by atoms with Gasteiger partial charge in [-0.25, -0.2) is 13.4 Å². The lowest BCUT2D eigenvalue weighted by Crippen LogP contribution is -2.04. The highest BCUT2D eigenvalue weighted by atomic mass is 32.2. The van der Waals surface area contributed by atoms with Crippen molar-refractivity contribution in [3.63, 3.8) is 0 Å². The van der Waals surface area contributed by atoms with Gasteiger partial charge in [-0.15, -0.1) is 11.3 Å². The average Bonchev–Trinajstić information content (AvgIpc) is 2.33. The number of rotatable bonds is 4. The van der Waals surface area contributed by atoms with E-state index < -0.39 is 9.84 Å². The van der Waals surface area contributed by atoms with E-state index in [9.17, 15) is 8.42 Å². The van der Waals surface area contributed by atoms with E-state index in [1.54, 1.807) is 0 Å². The lowest BCUT2D eigenvalue weighted by Gasteiger charge is -1.92. The molecule has 0 spiro atoms. The van der Waals surface area contributed by atoms with E-state index in [0.29, 0.717) is 18.0 Å². The molecule has 1 aromatic heterocycles. The summed E-state index contributed by atoms with van der Waals surface area (Å²) in [5.41, 5.74) is 6.22. The van der Waals surface area contributed by atoms with Crippen molar-refractivity contribution in [2.45, 2.75) is 12.2 Å². The maximum Gasteiger partial charge on any atom is 0.153 e. The second kappa shape index (κ2) is 4.17. The number of sulfone groups is 1. The van der Waals surface area contributed by atoms with E-state index in [1.807, 2.05) is 5.38 Å². The van der Waals surface area contributed by atoms with Crippen molar-refractivity contribution in [3.05, 3.63) is 16.1 Å². The summed E-state index contributed by atoms with van der Waals surface area (Å²) >= 11 is 1.37. The molecule has 74 valence electrons. The Morgan fingerprint density at radius 1 is 1.62 bits per heavy atom. The third kappa shape index (κ3) is 3.84. The van der Waals surface area contributed by atoms with Gasteiger partial charge in [0.2, 0.25) is 0 Å². The molecule has 0 saturated carbocycles. The molecular formula is C7H12N2O2S2. The van der Waals surface area contributed by atoms with E-state index in [2.05, 4.69) is 4.98 Å². The number of thiazole rings is 1. The van der Waals surface area contributed by atoms with Crippen LogP contribution in [0.25, 0.3) is 0 Å². The SMILES string of the molecule is CS(=O)(=O)Cc1nc(CCN)cs1. The molecule has 0 fully saturated rings. The third-order valence-electron chi connectivity index (χ3n) is 1.39. The minimum absolute atomic E-state index is 0.0300. The van der Waals surface area contributed by atoms with Crippen molar-refractivity contribution >= 4 is 21.2 Å². The summed E-state index contributed by atoms with van der Waals surface area (Å²) in [5, 5.41) is 2.50. The van der Waals surface area contributed by atoms with Crippen LogP contribution in [0.5, 0.6) is 0 Å². The number of nitrogens with two attached hydrogens (primary N) is 1. The van der Waals surface area contributed by atoms with Gasteiger partial charge in [-0.1, -0.05) is 0 Å². The molecule has 1 aromatic rings. The zero-order chi connectivity index (χ0) is 9.90. The Morgan fingerprint density at radius 2 is 2.31 bits per heavy atom. The Morgan fingerprint density at radius 3 is 2.85 bits per heavy atom. The van der Waals surface area contributed by atoms with Crippen molar-refractivity contribution in [1.82, 2.24) is 4.98 Å². The average molecular weight is 220 g/mol. The third-order valence-corrected chi connectivity index (χ3v) is 3.26. The predicted molar refractivity (Wildman–Crippen MR) is 53.4 cm³/mol. The Balaban J connectivity index is 2.69. The van der Waals surface area contributed by atoms with Crippen molar-refractivity contribution in [1.29, 1.82) is 0 Å². The van der Waals surface area contributed by atoms with Gasteiger partial charge >= 0.3 is 0 Å². The van der Waals surface area contributed by atoms with E-state index in [4.69, 9.17) is 5.73 Å². The summed E-state index contributed by atoms with van der Waals surface area (Å²) in [6.07, 6.45) is 1.91. The summed E-state index contributed by atoms with van der Waals surface area (Å²) in [6.45, 7) is 0.544. The molecule has 0 aromatic carbocycles. The Hall–Kier alpha value is -0.460. The molecule has 0 radical (unpaired) electrons. The number of hydrogen-bond acceptors (Lipinski definition) is 5. The molecule has 1 rings (SSSR count). The molecule has 0 bridgehead atoms. The molecule has 0 atom stereocenters. The van der Waals surface area contributed by atoms with Crippen LogP contribution in [0.4, 0.5) is 0 Å². The normalized spacial score (nSPS) is 11.8. The minimum Gasteiger partial charge on any atom is -0.330 e. The zero-order valence-corrected chi connectivity index (χ0v) is 8.99. The highest BCUT2D eigenvalue weighted by molar-refractivity contribution is 7.90. The fraction of sp³-hybridized carbons (Fsp3) is 0.571. The molecule has 0 saturated heterocycles. The van der Waals surface area contributed by atoms with E-state index in [1.165, 1.54) is 17.6 Å². The Kier molecular flexibility index (Phi) is 3.40. The van der Waals surface area contributed by atoms with Gasteiger partial charge in [-0.3, -0.25) is 0 Å². The fourth-order valence-electron chi connectivity index (χ4n) is 0.902. The molecule has 13 heavy (non-hydrogen) atoms. The molecule has 0 unspecified atom stereocenters. The maximum absolute atomic E-state index is 10.9. The largest absolute Gasteiger partial charge is 0.330 e. The highest BCUT2D eigenvalue weighted by Gasteiger charge is 2.08. The van der Waals surface area contributed by atoms with E-state index in [0.717, 1.165) is 5.69 Å². The van der Waals surface area contributed by atoms with Crippen LogP contribution in [-0.2, 0) is 22.0 Å². The van der Waals surface area contributed by atoms with Gasteiger partial charge in [0.1, 0.15) is 10.8 Å². The monoisotopic (exact) mass is 220 g/mol. The van der Waals surface area contributed by atoms with Crippen LogP contribution in [0.1, 0.15) is 10.7 Å². The summed E-state index contributed by atoms with van der Waals surface area (Å²) in [7, 11) is -2.96. The molecule has 6 heteroatoms. The van der Waals surface area contributed by atoms with Crippen LogP contribution in [-0.4, -0.2) is 26.2 Å². The molecule has 1 heterocycles. The number of aromatic nitrogens is 1. The Labute approximate surface area is 81.7 Å². The van der Waals surface area contributed by atoms with Crippen molar-refractivity contribution in [2.75, 3.05) is 12.8 Å². The van der Waals surface area contributed by atoms with E-state index in [-0.39, 0.29) is 5.75 Å². The van der Waals surface area contributed by atoms with Crippen LogP contribution in [0.2, 0.25) is 0 Å². The van der Waals surface area contributed by atoms with Crippen LogP contribution < -0.4 is 5.73 Å². The molecule has 0 aliphatic rings. The minimum atomic E-state index is -2.96. The zero-order valence-electron chi connectivity index (χ0n) is 7.36. The van der Waals surface area contributed by atoms with Crippen LogP contribution in [0.3, 0.4) is 0 Å². The van der Waals surface area contributed by atoms with Gasteiger partial charge in [0.25, 0.3) is 0 Å². The Bertz CT molecular complexity index is 370. The molecular weight excluding hydrogens is 208 g/mol. The molecule has 4 nitrogen and oxygen atoms in total. The predicted octanol–water partition coefficient (Wildman–Crippen LogP) is 0.189. The lowest BCUT2D eigenvalue weighted by molar-refractivity contribution is 0.601. The molecule has 2 N–H and O–H groups in total. The van der Waals surface area contributed by atoms with Gasteiger partial charge in [0, 0.05) is 18.1 Å². The van der Waals surface area contributed by atoms with Gasteiger partial charge in [-0.05, 0) is 6.54 Å². The molecule has 0 aliphatic heterocycles. The summed E-state index contributed by atoms with van der Waals surface area (Å²) in [6, 6.07) is 0. The summed E-state index contributed by atoms with van der Waals surface area (Å²) < 4.78 is 21.8. The first-order chi connectivity index (χ1) is 6.01. The topological polar surface area (TPSA) is 73.0 Å². The van der Waals surface area contributed by atoms with Crippen LogP contribution >= 0.6 is 11.3 Å². The highest BCUT2D eigenvalue weighted by Crippen LogP contribution is 2.12. The molecule has 0 aliphatic carbocycles. The summed E-state index contributed by atoms with van der Waals surface area (Å²) in [4.78, 5) is 4.14. The van der Waals surface area contributed by atoms with Gasteiger partial charge in [0.05, 0.1) is 5.69 Å². The van der Waals surface area contributed by atoms with Crippen molar-refractivity contribution < 1.29 is 8.42 Å². The van der Waals surface area contributed by atoms with Crippen LogP contribution in [0, 0.1) is 0 Å². The quantitative estimate of drug-likeness (QED) is 0.786. The smallest absolute Gasteiger partial charge is 0.153 e. The van der Waals surface area contributed by atoms with Gasteiger partial charge in [0.15, 0.2) is 9.84 Å². The van der Waals surface area contributed by atoms with Crippen molar-refractivity contribution in [3.8, 4) is 0 Å². The lowest BCUT2D eigenvalue weighted by atomic mass is 10.3. The fourth-order valence-corrected chi connectivity index (χ4v) is 2.94. The number of nitrogens with zero attached hydrogens (tertiary/aromatic N) is 1. The van der Waals surface area contributed by atoms with Gasteiger partial charge in [-0.2, -0.15) is 0 Å². The van der Waals surface area contributed by atoms with Crippen LogP contribution in [0.15, 0.2) is 5.38 Å². The second-order valence-electron chi connectivity index (χ2n) is 2.84. The summed E-state index contributed by atoms with van der Waals surface area (Å²) in [5.74, 6) is 0.0300. The number of hydrogen-bond donors (Lipinski definition) is 1. The first-order valence-corrected chi connectivity index (χ1v) is 6.76. The second-order valence-corrected chi connectivity index (χ2v) is 5.92. The van der Waals surface area contributed by atoms with Gasteiger partial charge < -0.3 is 5.73 Å². The van der Waals surface area contributed by atoms with E-state index >= 15 is 0 Å². The first kappa shape index (κ1) is 10.6. The maximum atomic E-state index is 10.9. The molecule has 0 amide bonds. The standard InChI is InChI=1S/C7H12N2O2S2/c1-13(10,11)5-7-9-6(2-3-8)4-12-7/h4H,2-3,5,8H2,1H3. The van der Waals surface area contributed by atoms with Crippen molar-refractivity contribution in [2.24, 2.45) is 5.73 Å².